The van der Waals surface area contributed by atoms with Crippen molar-refractivity contribution in [2.24, 2.45) is 16.6 Å². The van der Waals surface area contributed by atoms with E-state index < -0.39 is 0 Å². The predicted molar refractivity (Wildman–Crippen MR) is 66.0 cm³/mol. The fourth-order valence-electron chi connectivity index (χ4n) is 2.10. The van der Waals surface area contributed by atoms with Crippen LogP contribution in [-0.4, -0.2) is 30.0 Å². The Balaban J connectivity index is 2.45. The van der Waals surface area contributed by atoms with Crippen molar-refractivity contribution in [3.8, 4) is 0 Å². The fourth-order valence-corrected chi connectivity index (χ4v) is 2.10. The lowest BCUT2D eigenvalue weighted by Crippen LogP contribution is -2.38. The second-order valence-corrected chi connectivity index (χ2v) is 5.67. The van der Waals surface area contributed by atoms with E-state index in [9.17, 15) is 0 Å². The van der Waals surface area contributed by atoms with Crippen LogP contribution in [-0.2, 0) is 0 Å². The third-order valence-electron chi connectivity index (χ3n) is 2.85. The van der Waals surface area contributed by atoms with Crippen LogP contribution >= 0.6 is 0 Å². The highest BCUT2D eigenvalue weighted by Crippen LogP contribution is 2.25. The van der Waals surface area contributed by atoms with Gasteiger partial charge in [0.2, 0.25) is 0 Å². The first kappa shape index (κ1) is 12.3. The summed E-state index contributed by atoms with van der Waals surface area (Å²) in [7, 11) is 2.04. The van der Waals surface area contributed by atoms with Crippen LogP contribution < -0.4 is 5.73 Å². The van der Waals surface area contributed by atoms with Gasteiger partial charge in [-0.3, -0.25) is 0 Å². The van der Waals surface area contributed by atoms with E-state index in [1.165, 1.54) is 25.7 Å². The maximum atomic E-state index is 5.96. The summed E-state index contributed by atoms with van der Waals surface area (Å²) in [6, 6.07) is 0. The summed E-state index contributed by atoms with van der Waals surface area (Å²) < 4.78 is 0. The summed E-state index contributed by atoms with van der Waals surface area (Å²) >= 11 is 0. The number of hydrogen-bond acceptors (Lipinski definition) is 1. The lowest BCUT2D eigenvalue weighted by Gasteiger charge is -2.24. The minimum atomic E-state index is -0.0754. The highest BCUT2D eigenvalue weighted by molar-refractivity contribution is 5.78. The van der Waals surface area contributed by atoms with Crippen molar-refractivity contribution in [2.45, 2.75) is 52.0 Å². The van der Waals surface area contributed by atoms with E-state index in [4.69, 9.17) is 5.73 Å². The Morgan fingerprint density at radius 3 is 2.33 bits per heavy atom. The molecule has 0 aliphatic heterocycles. The van der Waals surface area contributed by atoms with Gasteiger partial charge in [-0.25, -0.2) is 4.99 Å². The molecule has 0 saturated heterocycles. The van der Waals surface area contributed by atoms with E-state index >= 15 is 0 Å². The van der Waals surface area contributed by atoms with Crippen molar-refractivity contribution in [1.29, 1.82) is 0 Å². The fraction of sp³-hybridized carbons (Fsp3) is 0.917. The van der Waals surface area contributed by atoms with Crippen molar-refractivity contribution in [2.75, 3.05) is 13.6 Å². The van der Waals surface area contributed by atoms with Gasteiger partial charge < -0.3 is 10.6 Å². The largest absolute Gasteiger partial charge is 0.370 e. The molecule has 1 aliphatic carbocycles. The van der Waals surface area contributed by atoms with Crippen LogP contribution in [0.3, 0.4) is 0 Å². The molecule has 88 valence electrons. The number of nitrogens with zero attached hydrogens (tertiary/aromatic N) is 2. The molecule has 0 radical (unpaired) electrons. The second-order valence-electron chi connectivity index (χ2n) is 5.67. The van der Waals surface area contributed by atoms with Crippen molar-refractivity contribution in [3.63, 3.8) is 0 Å². The van der Waals surface area contributed by atoms with E-state index in [1.807, 2.05) is 7.05 Å². The summed E-state index contributed by atoms with van der Waals surface area (Å²) in [6.07, 6.45) is 5.48. The zero-order valence-corrected chi connectivity index (χ0v) is 10.6. The van der Waals surface area contributed by atoms with Crippen LogP contribution in [0.15, 0.2) is 4.99 Å². The van der Waals surface area contributed by atoms with Crippen molar-refractivity contribution in [1.82, 2.24) is 4.90 Å². The Hall–Kier alpha value is -0.730. The molecule has 0 atom stereocenters. The van der Waals surface area contributed by atoms with Crippen LogP contribution in [0.5, 0.6) is 0 Å². The lowest BCUT2D eigenvalue weighted by molar-refractivity contribution is 0.380. The molecule has 0 aromatic rings. The van der Waals surface area contributed by atoms with Crippen LogP contribution in [0, 0.1) is 5.92 Å². The molecule has 3 heteroatoms. The summed E-state index contributed by atoms with van der Waals surface area (Å²) in [5.74, 6) is 1.50. The van der Waals surface area contributed by atoms with Gasteiger partial charge in [-0.15, -0.1) is 0 Å². The first-order valence-electron chi connectivity index (χ1n) is 5.95. The van der Waals surface area contributed by atoms with Gasteiger partial charge in [0.25, 0.3) is 0 Å². The molecule has 0 aromatic heterocycles. The SMILES string of the molecule is CN(CC1CCCC1)C(N)=NC(C)(C)C. The van der Waals surface area contributed by atoms with E-state index in [2.05, 4.69) is 30.7 Å². The summed E-state index contributed by atoms with van der Waals surface area (Å²) in [6.45, 7) is 7.28. The topological polar surface area (TPSA) is 41.6 Å². The Morgan fingerprint density at radius 1 is 1.33 bits per heavy atom. The van der Waals surface area contributed by atoms with Gasteiger partial charge in [0, 0.05) is 13.6 Å². The van der Waals surface area contributed by atoms with Gasteiger partial charge in [-0.05, 0) is 39.5 Å². The predicted octanol–water partition coefficient (Wildman–Crippen LogP) is 2.22. The van der Waals surface area contributed by atoms with E-state index in [0.717, 1.165) is 12.5 Å². The normalized spacial score (nSPS) is 19.6. The highest BCUT2D eigenvalue weighted by Gasteiger charge is 2.18. The number of aliphatic imine (C=N–C) groups is 1. The van der Waals surface area contributed by atoms with Crippen LogP contribution in [0.4, 0.5) is 0 Å². The van der Waals surface area contributed by atoms with Gasteiger partial charge >= 0.3 is 0 Å². The van der Waals surface area contributed by atoms with E-state index in [0.29, 0.717) is 5.96 Å². The third kappa shape index (κ3) is 4.54. The lowest BCUT2D eigenvalue weighted by atomic mass is 10.1. The zero-order chi connectivity index (χ0) is 11.5. The van der Waals surface area contributed by atoms with Crippen molar-refractivity contribution in [3.05, 3.63) is 0 Å². The standard InChI is InChI=1S/C12H25N3/c1-12(2,3)14-11(13)15(4)9-10-7-5-6-8-10/h10H,5-9H2,1-4H3,(H2,13,14). The van der Waals surface area contributed by atoms with Gasteiger partial charge in [0.05, 0.1) is 5.54 Å². The molecule has 0 amide bonds. The summed E-state index contributed by atoms with van der Waals surface area (Å²) in [4.78, 5) is 6.57. The van der Waals surface area contributed by atoms with Gasteiger partial charge in [-0.2, -0.15) is 0 Å². The average molecular weight is 211 g/mol. The monoisotopic (exact) mass is 211 g/mol. The second kappa shape index (κ2) is 4.86. The molecule has 3 nitrogen and oxygen atoms in total. The molecular weight excluding hydrogens is 186 g/mol. The zero-order valence-electron chi connectivity index (χ0n) is 10.6. The van der Waals surface area contributed by atoms with Crippen LogP contribution in [0.2, 0.25) is 0 Å². The molecule has 1 fully saturated rings. The van der Waals surface area contributed by atoms with Crippen LogP contribution in [0.25, 0.3) is 0 Å². The smallest absolute Gasteiger partial charge is 0.191 e. The highest BCUT2D eigenvalue weighted by atomic mass is 15.2. The summed E-state index contributed by atoms with van der Waals surface area (Å²) in [5, 5.41) is 0. The molecule has 0 aromatic carbocycles. The van der Waals surface area contributed by atoms with Gasteiger partial charge in [-0.1, -0.05) is 12.8 Å². The molecule has 0 bridgehead atoms. The number of rotatable bonds is 2. The van der Waals surface area contributed by atoms with Crippen molar-refractivity contribution < 1.29 is 0 Å². The Labute approximate surface area is 93.7 Å². The van der Waals surface area contributed by atoms with Crippen LogP contribution in [0.1, 0.15) is 46.5 Å². The Morgan fingerprint density at radius 2 is 1.87 bits per heavy atom. The molecule has 0 spiro atoms. The molecule has 0 unspecified atom stereocenters. The molecule has 2 N–H and O–H groups in total. The quantitative estimate of drug-likeness (QED) is 0.562. The first-order valence-corrected chi connectivity index (χ1v) is 5.95. The molecule has 1 rings (SSSR count). The van der Waals surface area contributed by atoms with E-state index in [-0.39, 0.29) is 5.54 Å². The molecule has 1 saturated carbocycles. The first-order chi connectivity index (χ1) is 6.88. The van der Waals surface area contributed by atoms with Gasteiger partial charge in [0.15, 0.2) is 5.96 Å². The number of nitrogens with two attached hydrogens (primary N) is 1. The van der Waals surface area contributed by atoms with Gasteiger partial charge in [0.1, 0.15) is 0 Å². The molecular formula is C12H25N3. The Bertz CT molecular complexity index is 222. The third-order valence-corrected chi connectivity index (χ3v) is 2.85. The number of guanidine groups is 1. The number of hydrogen-bond donors (Lipinski definition) is 1. The maximum Gasteiger partial charge on any atom is 0.191 e. The molecule has 1 aliphatic rings. The molecule has 0 heterocycles. The molecule has 15 heavy (non-hydrogen) atoms. The van der Waals surface area contributed by atoms with E-state index in [1.54, 1.807) is 0 Å². The maximum absolute atomic E-state index is 5.96. The van der Waals surface area contributed by atoms with Crippen molar-refractivity contribution >= 4 is 5.96 Å². The minimum absolute atomic E-state index is 0.0754. The Kier molecular flexibility index (Phi) is 4.00. The minimum Gasteiger partial charge on any atom is -0.370 e. The summed E-state index contributed by atoms with van der Waals surface area (Å²) in [5.41, 5.74) is 5.88. The average Bonchev–Trinajstić information content (AvgIpc) is 2.53.